The summed E-state index contributed by atoms with van der Waals surface area (Å²) < 4.78 is 31.9. The Balaban J connectivity index is 3.08. The van der Waals surface area contributed by atoms with Crippen LogP contribution in [-0.2, 0) is 25.1 Å². The molecule has 0 aliphatic rings. The highest BCUT2D eigenvalue weighted by atomic mass is 32.2. The van der Waals surface area contributed by atoms with Gasteiger partial charge in [-0.3, -0.25) is 13.5 Å². The van der Waals surface area contributed by atoms with Crippen LogP contribution in [0.1, 0.15) is 90.4 Å². The molecule has 0 bridgehead atoms. The number of benzene rings is 1. The molecule has 0 spiro atoms. The van der Waals surface area contributed by atoms with E-state index in [1.807, 2.05) is 52.0 Å². The average Bonchev–Trinajstić information content (AvgIpc) is 2.58. The highest BCUT2D eigenvalue weighted by Crippen LogP contribution is 2.36. The number of esters is 1. The van der Waals surface area contributed by atoms with Crippen molar-refractivity contribution in [1.29, 1.82) is 0 Å². The second kappa shape index (κ2) is 12.5. The lowest BCUT2D eigenvalue weighted by molar-refractivity contribution is -0.157. The van der Waals surface area contributed by atoms with E-state index in [1.165, 1.54) is 6.42 Å². The normalized spacial score (nSPS) is 16.1. The van der Waals surface area contributed by atoms with Crippen LogP contribution in [0.15, 0.2) is 24.3 Å². The molecule has 5 nitrogen and oxygen atoms in total. The van der Waals surface area contributed by atoms with Crippen LogP contribution in [0.5, 0.6) is 0 Å². The maximum atomic E-state index is 12.6. The quantitative estimate of drug-likeness (QED) is 0.247. The summed E-state index contributed by atoms with van der Waals surface area (Å²) in [4.78, 5) is 12.6. The number of unbranched alkanes of at least 4 members (excludes halogenated alkanes) is 2. The summed E-state index contributed by atoms with van der Waals surface area (Å²) in [7, 11) is 0. The van der Waals surface area contributed by atoms with Gasteiger partial charge >= 0.3 is 17.3 Å². The molecule has 1 N–H and O–H groups in total. The summed E-state index contributed by atoms with van der Waals surface area (Å²) >= 11 is -2.43. The summed E-state index contributed by atoms with van der Waals surface area (Å²) in [5.41, 5.74) is 1.32. The highest BCUT2D eigenvalue weighted by Gasteiger charge is 2.31. The molecular weight excluding hydrogens is 388 g/mol. The molecule has 4 unspecified atom stereocenters. The van der Waals surface area contributed by atoms with Gasteiger partial charge in [-0.15, -0.1) is 0 Å². The highest BCUT2D eigenvalue weighted by molar-refractivity contribution is 7.74. The zero-order valence-corrected chi connectivity index (χ0v) is 19.6. The van der Waals surface area contributed by atoms with Gasteiger partial charge in [0.1, 0.15) is 11.7 Å². The van der Waals surface area contributed by atoms with Gasteiger partial charge < -0.3 is 4.74 Å². The molecule has 0 aliphatic carbocycles. The molecule has 1 aromatic rings. The van der Waals surface area contributed by atoms with Gasteiger partial charge in [0.2, 0.25) is 0 Å². The average molecular weight is 427 g/mol. The van der Waals surface area contributed by atoms with Gasteiger partial charge in [-0.1, -0.05) is 69.4 Å². The number of aryl methyl sites for hydroxylation is 1. The van der Waals surface area contributed by atoms with Gasteiger partial charge in [0.05, 0.1) is 6.42 Å². The van der Waals surface area contributed by atoms with E-state index in [2.05, 4.69) is 13.8 Å². The van der Waals surface area contributed by atoms with Crippen molar-refractivity contribution in [2.24, 2.45) is 11.8 Å². The lowest BCUT2D eigenvalue weighted by Gasteiger charge is -2.29. The predicted octanol–water partition coefficient (Wildman–Crippen LogP) is 6.14. The predicted molar refractivity (Wildman–Crippen MR) is 118 cm³/mol. The SMILES string of the molecule is CCCCCC(C)CC(CC(=O)OC(C)(C)C)C(OS(=O)O)c1ccc(C)cc1. The van der Waals surface area contributed by atoms with Gasteiger partial charge in [0.15, 0.2) is 0 Å². The summed E-state index contributed by atoms with van der Waals surface area (Å²) in [5, 5.41) is 0. The van der Waals surface area contributed by atoms with Crippen LogP contribution in [0.4, 0.5) is 0 Å². The zero-order valence-electron chi connectivity index (χ0n) is 18.8. The Morgan fingerprint density at radius 1 is 1.17 bits per heavy atom. The second-order valence-corrected chi connectivity index (χ2v) is 9.66. The van der Waals surface area contributed by atoms with Crippen LogP contribution in [0, 0.1) is 18.8 Å². The Hall–Kier alpha value is -1.24. The van der Waals surface area contributed by atoms with Crippen molar-refractivity contribution < 1.29 is 22.5 Å². The summed E-state index contributed by atoms with van der Waals surface area (Å²) in [6.45, 7) is 11.8. The molecule has 0 aliphatic heterocycles. The fourth-order valence-corrected chi connectivity index (χ4v) is 3.99. The smallest absolute Gasteiger partial charge is 0.306 e. The van der Waals surface area contributed by atoms with Crippen LogP contribution >= 0.6 is 0 Å². The Morgan fingerprint density at radius 2 is 1.79 bits per heavy atom. The first-order chi connectivity index (χ1) is 13.5. The molecule has 0 saturated heterocycles. The van der Waals surface area contributed by atoms with Crippen LogP contribution in [0.25, 0.3) is 0 Å². The van der Waals surface area contributed by atoms with E-state index in [-0.39, 0.29) is 18.3 Å². The van der Waals surface area contributed by atoms with Crippen molar-refractivity contribution in [3.05, 3.63) is 35.4 Å². The van der Waals surface area contributed by atoms with Crippen molar-refractivity contribution >= 4 is 17.3 Å². The number of hydrogen-bond acceptors (Lipinski definition) is 4. The van der Waals surface area contributed by atoms with Gasteiger partial charge in [0, 0.05) is 5.92 Å². The molecule has 1 rings (SSSR count). The van der Waals surface area contributed by atoms with E-state index >= 15 is 0 Å². The number of ether oxygens (including phenoxy) is 1. The summed E-state index contributed by atoms with van der Waals surface area (Å²) in [6.07, 6.45) is 4.75. The number of hydrogen-bond donors (Lipinski definition) is 1. The minimum Gasteiger partial charge on any atom is -0.460 e. The molecular formula is C23H38O5S. The Labute approximate surface area is 179 Å². The summed E-state index contributed by atoms with van der Waals surface area (Å²) in [5.74, 6) is -0.189. The van der Waals surface area contributed by atoms with Crippen LogP contribution in [-0.4, -0.2) is 20.3 Å². The first-order valence-corrected chi connectivity index (χ1v) is 11.6. The monoisotopic (exact) mass is 426 g/mol. The zero-order chi connectivity index (χ0) is 22.0. The maximum Gasteiger partial charge on any atom is 0.306 e. The molecule has 6 heteroatoms. The third-order valence-corrected chi connectivity index (χ3v) is 5.25. The van der Waals surface area contributed by atoms with Crippen LogP contribution < -0.4 is 0 Å². The number of carbonyl (C=O) groups is 1. The van der Waals surface area contributed by atoms with Crippen LogP contribution in [0.2, 0.25) is 0 Å². The van der Waals surface area contributed by atoms with E-state index in [0.717, 1.165) is 36.8 Å². The first-order valence-electron chi connectivity index (χ1n) is 10.6. The number of rotatable bonds is 12. The minimum atomic E-state index is -2.43. The van der Waals surface area contributed by atoms with E-state index in [1.54, 1.807) is 0 Å². The lowest BCUT2D eigenvalue weighted by Crippen LogP contribution is -2.28. The van der Waals surface area contributed by atoms with Gasteiger partial charge in [-0.05, 0) is 45.6 Å². The number of carbonyl (C=O) groups excluding carboxylic acids is 1. The molecule has 1 aromatic carbocycles. The molecule has 4 atom stereocenters. The van der Waals surface area contributed by atoms with E-state index < -0.39 is 23.1 Å². The summed E-state index contributed by atoms with van der Waals surface area (Å²) in [6, 6.07) is 7.69. The third kappa shape index (κ3) is 10.9. The molecule has 0 aromatic heterocycles. The molecule has 166 valence electrons. The minimum absolute atomic E-state index is 0.144. The van der Waals surface area contributed by atoms with Crippen LogP contribution in [0.3, 0.4) is 0 Å². The van der Waals surface area contributed by atoms with Crippen molar-refractivity contribution in [3.8, 4) is 0 Å². The van der Waals surface area contributed by atoms with Gasteiger partial charge in [0.25, 0.3) is 0 Å². The largest absolute Gasteiger partial charge is 0.460 e. The molecule has 0 amide bonds. The Kier molecular flexibility index (Phi) is 11.1. The van der Waals surface area contributed by atoms with Gasteiger partial charge in [-0.2, -0.15) is 4.21 Å². The molecule has 0 fully saturated rings. The van der Waals surface area contributed by atoms with Crippen molar-refractivity contribution in [2.75, 3.05) is 0 Å². The third-order valence-electron chi connectivity index (χ3n) is 4.87. The van der Waals surface area contributed by atoms with E-state index in [9.17, 15) is 13.6 Å². The van der Waals surface area contributed by atoms with E-state index in [0.29, 0.717) is 5.92 Å². The Morgan fingerprint density at radius 3 is 2.31 bits per heavy atom. The lowest BCUT2D eigenvalue weighted by atomic mass is 9.83. The fraction of sp³-hybridized carbons (Fsp3) is 0.696. The van der Waals surface area contributed by atoms with Gasteiger partial charge in [-0.25, -0.2) is 0 Å². The first kappa shape index (κ1) is 25.8. The molecule has 0 radical (unpaired) electrons. The topological polar surface area (TPSA) is 72.8 Å². The standard InChI is InChI=1S/C23H38O5S/c1-7-8-9-10-18(3)15-20(16-21(24)27-23(4,5)6)22(28-29(25)26)19-13-11-17(2)12-14-19/h11-14,18,20,22H,7-10,15-16H2,1-6H3,(H,25,26). The van der Waals surface area contributed by atoms with Crippen molar-refractivity contribution in [1.82, 2.24) is 0 Å². The second-order valence-electron chi connectivity index (χ2n) is 9.03. The molecule has 0 heterocycles. The van der Waals surface area contributed by atoms with Crippen molar-refractivity contribution in [3.63, 3.8) is 0 Å². The van der Waals surface area contributed by atoms with Crippen molar-refractivity contribution in [2.45, 2.75) is 91.8 Å². The Bertz CT molecular complexity index is 636. The maximum absolute atomic E-state index is 12.6. The fourth-order valence-electron chi connectivity index (χ4n) is 3.54. The molecule has 29 heavy (non-hydrogen) atoms. The molecule has 0 saturated carbocycles. The van der Waals surface area contributed by atoms with E-state index in [4.69, 9.17) is 8.92 Å².